The number of aliphatic hydroxyl groups excluding tert-OH is 1. The van der Waals surface area contributed by atoms with Crippen LogP contribution >= 0.6 is 0 Å². The SMILES string of the molecule is O=C(O)C(OCCNC(O)CCOc1ccccc1)Oc1ccccc1. The van der Waals surface area contributed by atoms with Gasteiger partial charge in [-0.15, -0.1) is 0 Å². The standard InChI is InChI=1S/C19H23NO6/c21-17(11-13-24-15-7-3-1-4-8-15)20-12-14-25-19(18(22)23)26-16-9-5-2-6-10-16/h1-10,17,19-21H,11-14H2,(H,22,23). The Morgan fingerprint density at radius 1 is 0.962 bits per heavy atom. The monoisotopic (exact) mass is 361 g/mol. The van der Waals surface area contributed by atoms with Gasteiger partial charge in [-0.3, -0.25) is 5.32 Å². The molecule has 0 aliphatic heterocycles. The van der Waals surface area contributed by atoms with Crippen LogP contribution in [0.25, 0.3) is 0 Å². The van der Waals surface area contributed by atoms with E-state index < -0.39 is 18.5 Å². The van der Waals surface area contributed by atoms with Crippen LogP contribution in [0.2, 0.25) is 0 Å². The van der Waals surface area contributed by atoms with Crippen molar-refractivity contribution in [3.8, 4) is 11.5 Å². The summed E-state index contributed by atoms with van der Waals surface area (Å²) in [6.07, 6.45) is -1.80. The number of nitrogens with one attached hydrogen (secondary N) is 1. The molecule has 0 fully saturated rings. The predicted molar refractivity (Wildman–Crippen MR) is 95.0 cm³/mol. The van der Waals surface area contributed by atoms with Crippen LogP contribution in [-0.4, -0.2) is 48.5 Å². The summed E-state index contributed by atoms with van der Waals surface area (Å²) >= 11 is 0. The van der Waals surface area contributed by atoms with Crippen molar-refractivity contribution in [2.75, 3.05) is 19.8 Å². The van der Waals surface area contributed by atoms with E-state index in [0.717, 1.165) is 5.75 Å². The van der Waals surface area contributed by atoms with E-state index in [1.807, 2.05) is 30.3 Å². The number of aliphatic carboxylic acids is 1. The molecule has 2 rings (SSSR count). The lowest BCUT2D eigenvalue weighted by atomic mass is 10.3. The van der Waals surface area contributed by atoms with Gasteiger partial charge in [-0.1, -0.05) is 36.4 Å². The third-order valence-corrected chi connectivity index (χ3v) is 3.34. The first kappa shape index (κ1) is 19.7. The Bertz CT molecular complexity index is 637. The number of rotatable bonds is 12. The molecule has 3 N–H and O–H groups in total. The topological polar surface area (TPSA) is 97.3 Å². The second-order valence-corrected chi connectivity index (χ2v) is 5.39. The lowest BCUT2D eigenvalue weighted by molar-refractivity contribution is -0.170. The van der Waals surface area contributed by atoms with Gasteiger partial charge in [0.1, 0.15) is 17.7 Å². The predicted octanol–water partition coefficient (Wildman–Crippen LogP) is 1.87. The number of hydrogen-bond donors (Lipinski definition) is 3. The largest absolute Gasteiger partial charge is 0.493 e. The highest BCUT2D eigenvalue weighted by Gasteiger charge is 2.20. The van der Waals surface area contributed by atoms with Crippen LogP contribution in [0.3, 0.4) is 0 Å². The van der Waals surface area contributed by atoms with Crippen LogP contribution in [-0.2, 0) is 9.53 Å². The molecule has 7 heteroatoms. The lowest BCUT2D eigenvalue weighted by Crippen LogP contribution is -2.36. The van der Waals surface area contributed by atoms with Crippen molar-refractivity contribution in [2.24, 2.45) is 0 Å². The van der Waals surface area contributed by atoms with E-state index in [9.17, 15) is 9.90 Å². The van der Waals surface area contributed by atoms with Crippen LogP contribution < -0.4 is 14.8 Å². The van der Waals surface area contributed by atoms with Gasteiger partial charge in [-0.05, 0) is 24.3 Å². The van der Waals surface area contributed by atoms with E-state index in [4.69, 9.17) is 19.3 Å². The average Bonchev–Trinajstić information content (AvgIpc) is 2.65. The molecule has 0 heterocycles. The van der Waals surface area contributed by atoms with E-state index >= 15 is 0 Å². The number of carbonyl (C=O) groups is 1. The molecule has 0 spiro atoms. The Hall–Kier alpha value is -2.61. The van der Waals surface area contributed by atoms with Gasteiger partial charge >= 0.3 is 5.97 Å². The van der Waals surface area contributed by atoms with Crippen LogP contribution in [0.15, 0.2) is 60.7 Å². The van der Waals surface area contributed by atoms with Gasteiger partial charge in [0.2, 0.25) is 0 Å². The van der Waals surface area contributed by atoms with Gasteiger partial charge in [0.25, 0.3) is 6.29 Å². The van der Waals surface area contributed by atoms with Gasteiger partial charge in [-0.2, -0.15) is 0 Å². The molecular weight excluding hydrogens is 338 g/mol. The summed E-state index contributed by atoms with van der Waals surface area (Å²) in [5, 5.41) is 21.8. The summed E-state index contributed by atoms with van der Waals surface area (Å²) < 4.78 is 16.0. The zero-order chi connectivity index (χ0) is 18.6. The van der Waals surface area contributed by atoms with Crippen LogP contribution in [0, 0.1) is 0 Å². The molecule has 7 nitrogen and oxygen atoms in total. The Morgan fingerprint density at radius 2 is 1.58 bits per heavy atom. The zero-order valence-corrected chi connectivity index (χ0v) is 14.3. The maximum Gasteiger partial charge on any atom is 0.373 e. The number of benzene rings is 2. The van der Waals surface area contributed by atoms with Gasteiger partial charge < -0.3 is 24.4 Å². The third-order valence-electron chi connectivity index (χ3n) is 3.34. The van der Waals surface area contributed by atoms with Crippen LogP contribution in [0.1, 0.15) is 6.42 Å². The molecule has 0 amide bonds. The quantitative estimate of drug-likeness (QED) is 0.392. The number of carboxylic acid groups (broad SMARTS) is 1. The average molecular weight is 361 g/mol. The van der Waals surface area contributed by atoms with E-state index in [2.05, 4.69) is 5.32 Å². The smallest absolute Gasteiger partial charge is 0.373 e. The molecule has 2 aromatic rings. The van der Waals surface area contributed by atoms with Crippen molar-refractivity contribution >= 4 is 5.97 Å². The molecule has 0 saturated carbocycles. The summed E-state index contributed by atoms with van der Waals surface area (Å²) in [6.45, 7) is 0.697. The number of hydrogen-bond acceptors (Lipinski definition) is 6. The van der Waals surface area contributed by atoms with E-state index in [0.29, 0.717) is 18.8 Å². The Balaban J connectivity index is 1.60. The molecule has 2 unspecified atom stereocenters. The first-order chi connectivity index (χ1) is 12.6. The minimum atomic E-state index is -1.40. The third kappa shape index (κ3) is 7.52. The molecule has 0 saturated heterocycles. The summed E-state index contributed by atoms with van der Waals surface area (Å²) in [5.74, 6) is -0.0676. The molecule has 140 valence electrons. The highest BCUT2D eigenvalue weighted by atomic mass is 16.7. The molecular formula is C19H23NO6. The van der Waals surface area contributed by atoms with Crippen molar-refractivity contribution in [3.63, 3.8) is 0 Å². The minimum Gasteiger partial charge on any atom is -0.493 e. The van der Waals surface area contributed by atoms with E-state index in [1.165, 1.54) is 0 Å². The molecule has 2 atom stereocenters. The molecule has 0 aliphatic carbocycles. The summed E-state index contributed by atoms with van der Waals surface area (Å²) in [7, 11) is 0. The summed E-state index contributed by atoms with van der Waals surface area (Å²) in [5.41, 5.74) is 0. The van der Waals surface area contributed by atoms with Gasteiger partial charge in [0.05, 0.1) is 13.2 Å². The fourth-order valence-corrected chi connectivity index (χ4v) is 2.08. The van der Waals surface area contributed by atoms with E-state index in [1.54, 1.807) is 30.3 Å². The second-order valence-electron chi connectivity index (χ2n) is 5.39. The van der Waals surface area contributed by atoms with Gasteiger partial charge in [0.15, 0.2) is 0 Å². The lowest BCUT2D eigenvalue weighted by Gasteiger charge is -2.17. The first-order valence-corrected chi connectivity index (χ1v) is 8.30. The molecule has 0 radical (unpaired) electrons. The Kier molecular flexibility index (Phi) is 8.41. The van der Waals surface area contributed by atoms with Crippen molar-refractivity contribution in [2.45, 2.75) is 18.9 Å². The van der Waals surface area contributed by atoms with Crippen molar-refractivity contribution < 1.29 is 29.2 Å². The summed E-state index contributed by atoms with van der Waals surface area (Å²) in [6, 6.07) is 17.9. The molecule has 0 aliphatic rings. The highest BCUT2D eigenvalue weighted by molar-refractivity contribution is 5.71. The van der Waals surface area contributed by atoms with Crippen molar-refractivity contribution in [1.29, 1.82) is 0 Å². The minimum absolute atomic E-state index is 0.0698. The zero-order valence-electron chi connectivity index (χ0n) is 14.3. The maximum atomic E-state index is 11.2. The van der Waals surface area contributed by atoms with Crippen LogP contribution in [0.5, 0.6) is 11.5 Å². The normalized spacial score (nSPS) is 13.0. The van der Waals surface area contributed by atoms with E-state index in [-0.39, 0.29) is 13.2 Å². The molecule has 26 heavy (non-hydrogen) atoms. The highest BCUT2D eigenvalue weighted by Crippen LogP contribution is 2.11. The van der Waals surface area contributed by atoms with Crippen molar-refractivity contribution in [3.05, 3.63) is 60.7 Å². The second kappa shape index (κ2) is 11.1. The molecule has 0 bridgehead atoms. The fourth-order valence-electron chi connectivity index (χ4n) is 2.08. The van der Waals surface area contributed by atoms with Crippen molar-refractivity contribution in [1.82, 2.24) is 5.32 Å². The maximum absolute atomic E-state index is 11.2. The molecule has 0 aromatic heterocycles. The number of para-hydroxylation sites is 2. The van der Waals surface area contributed by atoms with Gasteiger partial charge in [0, 0.05) is 13.0 Å². The number of carboxylic acids is 1. The molecule has 2 aromatic carbocycles. The number of ether oxygens (including phenoxy) is 3. The first-order valence-electron chi connectivity index (χ1n) is 8.30. The van der Waals surface area contributed by atoms with Gasteiger partial charge in [-0.25, -0.2) is 4.79 Å². The number of aliphatic hydroxyl groups is 1. The fraction of sp³-hybridized carbons (Fsp3) is 0.316. The Labute approximate surface area is 152 Å². The summed E-state index contributed by atoms with van der Waals surface area (Å²) in [4.78, 5) is 11.2. The van der Waals surface area contributed by atoms with Crippen LogP contribution in [0.4, 0.5) is 0 Å². The Morgan fingerprint density at radius 3 is 2.19 bits per heavy atom.